The molecular weight excluding hydrogens is 246 g/mol. The third kappa shape index (κ3) is 2.76. The number of benzene rings is 1. The van der Waals surface area contributed by atoms with Crippen molar-refractivity contribution in [3.63, 3.8) is 0 Å². The molecule has 0 aliphatic carbocycles. The number of carbonyl (C=O) groups is 1. The molecule has 1 aliphatic heterocycles. The summed E-state index contributed by atoms with van der Waals surface area (Å²) in [5.41, 5.74) is 0.676. The summed E-state index contributed by atoms with van der Waals surface area (Å²) in [5, 5.41) is 4.18. The third-order valence-electron chi connectivity index (χ3n) is 4.13. The van der Waals surface area contributed by atoms with Crippen molar-refractivity contribution >= 4 is 17.4 Å². The number of rotatable bonds is 3. The monoisotopic (exact) mass is 265 g/mol. The van der Waals surface area contributed by atoms with Gasteiger partial charge >= 0.3 is 0 Å². The van der Waals surface area contributed by atoms with E-state index in [2.05, 4.69) is 12.2 Å². The molecule has 1 saturated heterocycles. The van der Waals surface area contributed by atoms with E-state index in [1.165, 1.54) is 12.8 Å². The number of hydrogen-bond donors (Lipinski definition) is 1. The third-order valence-corrected chi connectivity index (χ3v) is 4.38. The minimum atomic E-state index is -0.0744. The maximum Gasteiger partial charge on any atom is 0.167 e. The normalized spacial score (nSPS) is 25.7. The van der Waals surface area contributed by atoms with Gasteiger partial charge in [0.05, 0.1) is 0 Å². The Labute approximate surface area is 114 Å². The minimum Gasteiger partial charge on any atom is -0.311 e. The molecule has 0 aromatic heterocycles. The first-order chi connectivity index (χ1) is 8.53. The van der Waals surface area contributed by atoms with Crippen molar-refractivity contribution in [2.45, 2.75) is 38.6 Å². The topological polar surface area (TPSA) is 29.1 Å². The van der Waals surface area contributed by atoms with Gasteiger partial charge in [-0.25, -0.2) is 0 Å². The second-order valence-corrected chi connectivity index (χ2v) is 5.83. The van der Waals surface area contributed by atoms with Gasteiger partial charge in [0.1, 0.15) is 0 Å². The number of ketones is 1. The quantitative estimate of drug-likeness (QED) is 0.845. The predicted octanol–water partition coefficient (Wildman–Crippen LogP) is 3.69. The van der Waals surface area contributed by atoms with Crippen molar-refractivity contribution in [1.29, 1.82) is 0 Å². The molecule has 1 aliphatic rings. The molecule has 2 rings (SSSR count). The lowest BCUT2D eigenvalue weighted by molar-refractivity contribution is 0.0817. The Kier molecular flexibility index (Phi) is 4.08. The van der Waals surface area contributed by atoms with E-state index < -0.39 is 0 Å². The number of halogens is 1. The van der Waals surface area contributed by atoms with Gasteiger partial charge in [-0.05, 0) is 50.6 Å². The Hall–Kier alpha value is -0.860. The first-order valence-corrected chi connectivity index (χ1v) is 6.95. The standard InChI is InChI=1S/C15H20ClNO/c1-11(15(2)9-3-4-10-17-15)14(18)12-5-7-13(16)8-6-12/h5-8,11,17H,3-4,9-10H2,1-2H3. The lowest BCUT2D eigenvalue weighted by atomic mass is 9.76. The van der Waals surface area contributed by atoms with Crippen LogP contribution >= 0.6 is 11.6 Å². The van der Waals surface area contributed by atoms with Gasteiger partial charge in [0.25, 0.3) is 0 Å². The molecule has 3 heteroatoms. The van der Waals surface area contributed by atoms with Gasteiger partial charge < -0.3 is 5.32 Å². The van der Waals surface area contributed by atoms with Crippen LogP contribution in [0.1, 0.15) is 43.5 Å². The molecule has 0 spiro atoms. The van der Waals surface area contributed by atoms with Crippen LogP contribution in [0.5, 0.6) is 0 Å². The van der Waals surface area contributed by atoms with E-state index in [1.54, 1.807) is 12.1 Å². The second-order valence-electron chi connectivity index (χ2n) is 5.39. The van der Waals surface area contributed by atoms with Crippen LogP contribution in [0, 0.1) is 5.92 Å². The summed E-state index contributed by atoms with van der Waals surface area (Å²) in [6.45, 7) is 5.19. The molecule has 1 heterocycles. The van der Waals surface area contributed by atoms with E-state index in [0.717, 1.165) is 18.5 Å². The summed E-state index contributed by atoms with van der Waals surface area (Å²) in [5.74, 6) is 0.183. The molecule has 2 nitrogen and oxygen atoms in total. The van der Waals surface area contributed by atoms with E-state index in [0.29, 0.717) is 5.02 Å². The molecule has 0 amide bonds. The van der Waals surface area contributed by atoms with E-state index in [-0.39, 0.29) is 17.2 Å². The highest BCUT2D eigenvalue weighted by molar-refractivity contribution is 6.30. The van der Waals surface area contributed by atoms with Crippen molar-refractivity contribution in [3.8, 4) is 0 Å². The van der Waals surface area contributed by atoms with Crippen molar-refractivity contribution < 1.29 is 4.79 Å². The molecule has 2 unspecified atom stereocenters. The average molecular weight is 266 g/mol. The van der Waals surface area contributed by atoms with Crippen LogP contribution in [0.15, 0.2) is 24.3 Å². The van der Waals surface area contributed by atoms with E-state index in [4.69, 9.17) is 11.6 Å². The molecule has 1 N–H and O–H groups in total. The summed E-state index contributed by atoms with van der Waals surface area (Å²) < 4.78 is 0. The van der Waals surface area contributed by atoms with E-state index >= 15 is 0 Å². The highest BCUT2D eigenvalue weighted by Crippen LogP contribution is 2.29. The van der Waals surface area contributed by atoms with Crippen LogP contribution in [0.25, 0.3) is 0 Å². The summed E-state index contributed by atoms with van der Waals surface area (Å²) in [6, 6.07) is 7.18. The predicted molar refractivity (Wildman–Crippen MR) is 75.2 cm³/mol. The number of hydrogen-bond acceptors (Lipinski definition) is 2. The zero-order valence-electron chi connectivity index (χ0n) is 11.0. The molecule has 1 fully saturated rings. The van der Waals surface area contributed by atoms with Crippen LogP contribution in [0.2, 0.25) is 5.02 Å². The zero-order chi connectivity index (χ0) is 13.2. The van der Waals surface area contributed by atoms with Crippen LogP contribution in [-0.4, -0.2) is 17.9 Å². The molecule has 98 valence electrons. The number of Topliss-reactive ketones (excluding diaryl/α,β-unsaturated/α-hetero) is 1. The number of nitrogens with one attached hydrogen (secondary N) is 1. The Balaban J connectivity index is 2.15. The lowest BCUT2D eigenvalue weighted by Gasteiger charge is -2.39. The molecule has 18 heavy (non-hydrogen) atoms. The maximum atomic E-state index is 12.5. The minimum absolute atomic E-state index is 0.0148. The van der Waals surface area contributed by atoms with Crippen molar-refractivity contribution in [1.82, 2.24) is 5.32 Å². The smallest absolute Gasteiger partial charge is 0.167 e. The van der Waals surface area contributed by atoms with Gasteiger partial charge in [-0.15, -0.1) is 0 Å². The maximum absolute atomic E-state index is 12.5. The van der Waals surface area contributed by atoms with Gasteiger partial charge in [0.2, 0.25) is 0 Å². The van der Waals surface area contributed by atoms with Crippen LogP contribution < -0.4 is 5.32 Å². The van der Waals surface area contributed by atoms with Crippen LogP contribution in [-0.2, 0) is 0 Å². The fraction of sp³-hybridized carbons (Fsp3) is 0.533. The van der Waals surface area contributed by atoms with E-state index in [1.807, 2.05) is 19.1 Å². The molecular formula is C15H20ClNO. The molecule has 0 saturated carbocycles. The summed E-state index contributed by atoms with van der Waals surface area (Å²) >= 11 is 5.85. The molecule has 0 radical (unpaired) electrons. The van der Waals surface area contributed by atoms with Gasteiger partial charge in [0, 0.05) is 22.0 Å². The summed E-state index contributed by atoms with van der Waals surface area (Å²) in [4.78, 5) is 12.5. The second kappa shape index (κ2) is 5.41. The molecule has 2 atom stereocenters. The lowest BCUT2D eigenvalue weighted by Crippen LogP contribution is -2.53. The van der Waals surface area contributed by atoms with Crippen LogP contribution in [0.4, 0.5) is 0 Å². The van der Waals surface area contributed by atoms with E-state index in [9.17, 15) is 4.79 Å². The number of piperidine rings is 1. The Morgan fingerprint density at radius 2 is 2.00 bits per heavy atom. The fourth-order valence-electron chi connectivity index (χ4n) is 2.60. The Morgan fingerprint density at radius 1 is 1.33 bits per heavy atom. The van der Waals surface area contributed by atoms with Gasteiger partial charge in [-0.1, -0.05) is 24.9 Å². The largest absolute Gasteiger partial charge is 0.311 e. The zero-order valence-corrected chi connectivity index (χ0v) is 11.8. The van der Waals surface area contributed by atoms with Crippen molar-refractivity contribution in [2.75, 3.05) is 6.54 Å². The summed E-state index contributed by atoms with van der Waals surface area (Å²) in [6.07, 6.45) is 3.46. The molecule has 0 bridgehead atoms. The highest BCUT2D eigenvalue weighted by atomic mass is 35.5. The van der Waals surface area contributed by atoms with Gasteiger partial charge in [-0.2, -0.15) is 0 Å². The fourth-order valence-corrected chi connectivity index (χ4v) is 2.73. The van der Waals surface area contributed by atoms with Gasteiger partial charge in [-0.3, -0.25) is 4.79 Å². The first kappa shape index (κ1) is 13.6. The number of carbonyl (C=O) groups excluding carboxylic acids is 1. The van der Waals surface area contributed by atoms with Crippen molar-refractivity contribution in [2.24, 2.45) is 5.92 Å². The molecule has 1 aromatic rings. The Bertz CT molecular complexity index is 421. The van der Waals surface area contributed by atoms with Crippen molar-refractivity contribution in [3.05, 3.63) is 34.9 Å². The van der Waals surface area contributed by atoms with Crippen LogP contribution in [0.3, 0.4) is 0 Å². The average Bonchev–Trinajstić information content (AvgIpc) is 2.39. The highest BCUT2D eigenvalue weighted by Gasteiger charge is 2.36. The molecule has 1 aromatic carbocycles. The first-order valence-electron chi connectivity index (χ1n) is 6.58. The Morgan fingerprint density at radius 3 is 2.56 bits per heavy atom. The SMILES string of the molecule is CC(C(=O)c1ccc(Cl)cc1)C1(C)CCCCN1. The van der Waals surface area contributed by atoms with Gasteiger partial charge in [0.15, 0.2) is 5.78 Å². The summed E-state index contributed by atoms with van der Waals surface area (Å²) in [7, 11) is 0.